The summed E-state index contributed by atoms with van der Waals surface area (Å²) in [7, 11) is 3.40. The van der Waals surface area contributed by atoms with Gasteiger partial charge in [0.05, 0.1) is 7.11 Å². The van der Waals surface area contributed by atoms with Crippen molar-refractivity contribution in [2.45, 2.75) is 57.0 Å². The van der Waals surface area contributed by atoms with E-state index in [-0.39, 0.29) is 5.97 Å². The Balaban J connectivity index is 2.12. The van der Waals surface area contributed by atoms with Crippen molar-refractivity contribution in [3.8, 4) is 0 Å². The van der Waals surface area contributed by atoms with E-state index in [0.29, 0.717) is 12.0 Å². The van der Waals surface area contributed by atoms with Crippen molar-refractivity contribution in [2.75, 3.05) is 27.2 Å². The van der Waals surface area contributed by atoms with Gasteiger partial charge >= 0.3 is 5.97 Å². The first kappa shape index (κ1) is 14.8. The van der Waals surface area contributed by atoms with Crippen molar-refractivity contribution in [3.05, 3.63) is 0 Å². The molecule has 1 N–H and O–H groups in total. The number of likely N-dealkylation sites (N-methyl/N-ethyl adjacent to an activating group) is 1. The van der Waals surface area contributed by atoms with Gasteiger partial charge in [-0.2, -0.15) is 0 Å². The molecule has 0 amide bonds. The SMILES string of the molecule is CNC(CN1CCCCCC1C)(C(=O)OC)C1CC1. The Kier molecular flexibility index (Phi) is 4.85. The third-order valence-electron chi connectivity index (χ3n) is 4.91. The fourth-order valence-corrected chi connectivity index (χ4v) is 3.39. The maximum atomic E-state index is 12.3. The zero-order valence-electron chi connectivity index (χ0n) is 12.6. The summed E-state index contributed by atoms with van der Waals surface area (Å²) >= 11 is 0. The lowest BCUT2D eigenvalue weighted by molar-refractivity contribution is -0.150. The van der Waals surface area contributed by atoms with Gasteiger partial charge in [-0.15, -0.1) is 0 Å². The summed E-state index contributed by atoms with van der Waals surface area (Å²) in [5.74, 6) is 0.356. The number of hydrogen-bond acceptors (Lipinski definition) is 4. The average molecular weight is 268 g/mol. The van der Waals surface area contributed by atoms with Gasteiger partial charge in [0.15, 0.2) is 0 Å². The van der Waals surface area contributed by atoms with E-state index in [0.717, 1.165) is 25.9 Å². The van der Waals surface area contributed by atoms with Crippen LogP contribution in [0, 0.1) is 5.92 Å². The summed E-state index contributed by atoms with van der Waals surface area (Å²) in [4.78, 5) is 14.8. The number of nitrogens with one attached hydrogen (secondary N) is 1. The van der Waals surface area contributed by atoms with Crippen LogP contribution in [0.4, 0.5) is 0 Å². The molecule has 0 aromatic rings. The molecule has 1 aliphatic carbocycles. The third kappa shape index (κ3) is 3.11. The summed E-state index contributed by atoms with van der Waals surface area (Å²) in [5.41, 5.74) is -0.493. The minimum atomic E-state index is -0.493. The van der Waals surface area contributed by atoms with Crippen LogP contribution in [-0.4, -0.2) is 49.7 Å². The van der Waals surface area contributed by atoms with Crippen LogP contribution in [0.15, 0.2) is 0 Å². The van der Waals surface area contributed by atoms with Crippen LogP contribution in [0.1, 0.15) is 45.4 Å². The van der Waals surface area contributed by atoms with E-state index in [1.165, 1.54) is 32.8 Å². The minimum absolute atomic E-state index is 0.0889. The summed E-state index contributed by atoms with van der Waals surface area (Å²) in [6, 6.07) is 0.568. The minimum Gasteiger partial charge on any atom is -0.468 e. The van der Waals surface area contributed by atoms with Gasteiger partial charge in [-0.1, -0.05) is 12.8 Å². The van der Waals surface area contributed by atoms with E-state index >= 15 is 0 Å². The lowest BCUT2D eigenvalue weighted by Gasteiger charge is -2.38. The molecule has 1 saturated heterocycles. The first-order valence-electron chi connectivity index (χ1n) is 7.65. The van der Waals surface area contributed by atoms with E-state index in [2.05, 4.69) is 17.1 Å². The monoisotopic (exact) mass is 268 g/mol. The fourth-order valence-electron chi connectivity index (χ4n) is 3.39. The molecule has 0 spiro atoms. The number of rotatable bonds is 5. The second kappa shape index (κ2) is 6.23. The summed E-state index contributed by atoms with van der Waals surface area (Å²) in [6.45, 7) is 4.19. The molecule has 2 atom stereocenters. The van der Waals surface area contributed by atoms with Gasteiger partial charge in [-0.05, 0) is 52.1 Å². The molecule has 110 valence electrons. The van der Waals surface area contributed by atoms with Gasteiger partial charge in [-0.3, -0.25) is 4.90 Å². The lowest BCUT2D eigenvalue weighted by Crippen LogP contribution is -2.61. The second-order valence-corrected chi connectivity index (χ2v) is 6.16. The third-order valence-corrected chi connectivity index (χ3v) is 4.91. The van der Waals surface area contributed by atoms with Crippen LogP contribution in [0.3, 0.4) is 0 Å². The van der Waals surface area contributed by atoms with Crippen LogP contribution in [0.2, 0.25) is 0 Å². The van der Waals surface area contributed by atoms with Crippen LogP contribution in [0.25, 0.3) is 0 Å². The highest BCUT2D eigenvalue weighted by molar-refractivity contribution is 5.82. The highest BCUT2D eigenvalue weighted by atomic mass is 16.5. The Morgan fingerprint density at radius 1 is 1.32 bits per heavy atom. The first-order valence-corrected chi connectivity index (χ1v) is 7.65. The summed E-state index contributed by atoms with van der Waals surface area (Å²) in [5, 5.41) is 3.30. The Bertz CT molecular complexity index is 317. The van der Waals surface area contributed by atoms with Gasteiger partial charge in [0.2, 0.25) is 0 Å². The fraction of sp³-hybridized carbons (Fsp3) is 0.933. The van der Waals surface area contributed by atoms with Crippen molar-refractivity contribution >= 4 is 5.97 Å². The van der Waals surface area contributed by atoms with Crippen LogP contribution in [-0.2, 0) is 9.53 Å². The zero-order valence-corrected chi connectivity index (χ0v) is 12.6. The van der Waals surface area contributed by atoms with Gasteiger partial charge in [0, 0.05) is 12.6 Å². The van der Waals surface area contributed by atoms with Gasteiger partial charge in [0.25, 0.3) is 0 Å². The topological polar surface area (TPSA) is 41.6 Å². The summed E-state index contributed by atoms with van der Waals surface area (Å²) in [6.07, 6.45) is 7.39. The number of esters is 1. The van der Waals surface area contributed by atoms with Crippen molar-refractivity contribution in [2.24, 2.45) is 5.92 Å². The number of nitrogens with zero attached hydrogens (tertiary/aromatic N) is 1. The Hall–Kier alpha value is -0.610. The second-order valence-electron chi connectivity index (χ2n) is 6.16. The Labute approximate surface area is 116 Å². The number of hydrogen-bond donors (Lipinski definition) is 1. The molecule has 0 aromatic carbocycles. The molecular weight excluding hydrogens is 240 g/mol. The van der Waals surface area contributed by atoms with Crippen molar-refractivity contribution in [1.29, 1.82) is 0 Å². The molecule has 0 radical (unpaired) electrons. The molecule has 2 unspecified atom stereocenters. The lowest BCUT2D eigenvalue weighted by atomic mass is 9.91. The Morgan fingerprint density at radius 2 is 2.05 bits per heavy atom. The molecule has 0 aromatic heterocycles. The van der Waals surface area contributed by atoms with E-state index in [1.807, 2.05) is 7.05 Å². The molecule has 19 heavy (non-hydrogen) atoms. The summed E-state index contributed by atoms with van der Waals surface area (Å²) < 4.78 is 5.09. The molecule has 2 aliphatic rings. The first-order chi connectivity index (χ1) is 9.14. The maximum Gasteiger partial charge on any atom is 0.327 e. The number of ether oxygens (including phenoxy) is 1. The molecule has 4 heteroatoms. The van der Waals surface area contributed by atoms with Gasteiger partial charge in [0.1, 0.15) is 5.54 Å². The molecule has 2 rings (SSSR count). The maximum absolute atomic E-state index is 12.3. The van der Waals surface area contributed by atoms with Crippen LogP contribution < -0.4 is 5.32 Å². The van der Waals surface area contributed by atoms with Crippen molar-refractivity contribution in [1.82, 2.24) is 10.2 Å². The highest BCUT2D eigenvalue weighted by Crippen LogP contribution is 2.41. The van der Waals surface area contributed by atoms with Crippen molar-refractivity contribution in [3.63, 3.8) is 0 Å². The highest BCUT2D eigenvalue weighted by Gasteiger charge is 2.52. The van der Waals surface area contributed by atoms with E-state index in [4.69, 9.17) is 4.74 Å². The van der Waals surface area contributed by atoms with Crippen LogP contribution >= 0.6 is 0 Å². The molecular formula is C15H28N2O2. The quantitative estimate of drug-likeness (QED) is 0.772. The number of likely N-dealkylation sites (tertiary alicyclic amines) is 1. The van der Waals surface area contributed by atoms with Gasteiger partial charge < -0.3 is 10.1 Å². The van der Waals surface area contributed by atoms with Crippen molar-refractivity contribution < 1.29 is 9.53 Å². The number of carbonyl (C=O) groups excluding carboxylic acids is 1. The smallest absolute Gasteiger partial charge is 0.327 e. The van der Waals surface area contributed by atoms with Crippen LogP contribution in [0.5, 0.6) is 0 Å². The van der Waals surface area contributed by atoms with Gasteiger partial charge in [-0.25, -0.2) is 4.79 Å². The Morgan fingerprint density at radius 3 is 2.63 bits per heavy atom. The molecule has 0 bridgehead atoms. The standard InChI is InChI=1S/C15H28N2O2/c1-12-7-5-4-6-10-17(12)11-15(16-2,13-8-9-13)14(18)19-3/h12-13,16H,4-11H2,1-3H3. The van der Waals surface area contributed by atoms with E-state index in [9.17, 15) is 4.79 Å². The zero-order chi connectivity index (χ0) is 13.9. The molecule has 2 fully saturated rings. The largest absolute Gasteiger partial charge is 0.468 e. The van der Waals surface area contributed by atoms with E-state index < -0.39 is 5.54 Å². The average Bonchev–Trinajstić information content (AvgIpc) is 3.25. The molecule has 4 nitrogen and oxygen atoms in total. The molecule has 1 aliphatic heterocycles. The predicted molar refractivity (Wildman–Crippen MR) is 76.0 cm³/mol. The number of carbonyl (C=O) groups is 1. The molecule has 1 saturated carbocycles. The molecule has 1 heterocycles. The normalized spacial score (nSPS) is 28.5. The number of methoxy groups -OCH3 is 1. The van der Waals surface area contributed by atoms with E-state index in [1.54, 1.807) is 0 Å². The predicted octanol–water partition coefficient (Wildman–Crippen LogP) is 1.79.